The third-order valence-electron chi connectivity index (χ3n) is 4.72. The standard InChI is InChI=1S/C15H21NO2/c1-3-11-4-5-12-13(10-11)15(18-14(12)17)6-8-16(2)9-7-15/h4-5,10,12-13H,3,6-9H2,1-2H3. The first-order valence-corrected chi connectivity index (χ1v) is 6.95. The lowest BCUT2D eigenvalue weighted by Crippen LogP contribution is -2.46. The summed E-state index contributed by atoms with van der Waals surface area (Å²) in [4.78, 5) is 14.4. The Morgan fingerprint density at radius 3 is 2.83 bits per heavy atom. The summed E-state index contributed by atoms with van der Waals surface area (Å²) in [5, 5.41) is 0. The largest absolute Gasteiger partial charge is 0.458 e. The lowest BCUT2D eigenvalue weighted by atomic mass is 9.72. The molecule has 2 heterocycles. The van der Waals surface area contributed by atoms with E-state index >= 15 is 0 Å². The average Bonchev–Trinajstić information content (AvgIpc) is 2.66. The number of esters is 1. The third kappa shape index (κ3) is 1.72. The van der Waals surface area contributed by atoms with Crippen LogP contribution in [-0.2, 0) is 9.53 Å². The maximum atomic E-state index is 12.0. The number of allylic oxidation sites excluding steroid dienone is 2. The molecule has 18 heavy (non-hydrogen) atoms. The molecule has 3 aliphatic rings. The first kappa shape index (κ1) is 12.0. The first-order chi connectivity index (χ1) is 8.64. The SMILES string of the molecule is CCC1=CC2C(C=C1)C(=O)OC21CCN(C)CC1. The van der Waals surface area contributed by atoms with Crippen molar-refractivity contribution in [3.8, 4) is 0 Å². The Labute approximate surface area is 108 Å². The summed E-state index contributed by atoms with van der Waals surface area (Å²) in [6.45, 7) is 4.21. The number of nitrogens with zero attached hydrogens (tertiary/aromatic N) is 1. The monoisotopic (exact) mass is 247 g/mol. The molecular formula is C15H21NO2. The lowest BCUT2D eigenvalue weighted by Gasteiger charge is -2.40. The predicted molar refractivity (Wildman–Crippen MR) is 70.0 cm³/mol. The molecule has 0 amide bonds. The van der Waals surface area contributed by atoms with Gasteiger partial charge in [0.15, 0.2) is 0 Å². The smallest absolute Gasteiger partial charge is 0.314 e. The number of hydrogen-bond donors (Lipinski definition) is 0. The van der Waals surface area contributed by atoms with E-state index < -0.39 is 0 Å². The zero-order valence-corrected chi connectivity index (χ0v) is 11.2. The molecule has 0 aromatic heterocycles. The maximum Gasteiger partial charge on any atom is 0.314 e. The van der Waals surface area contributed by atoms with Gasteiger partial charge in [0.25, 0.3) is 0 Å². The quantitative estimate of drug-likeness (QED) is 0.665. The fraction of sp³-hybridized carbons (Fsp3) is 0.667. The number of carbonyl (C=O) groups is 1. The van der Waals surface area contributed by atoms with Crippen LogP contribution in [0.25, 0.3) is 0 Å². The van der Waals surface area contributed by atoms with Crippen LogP contribution >= 0.6 is 0 Å². The van der Waals surface area contributed by atoms with Gasteiger partial charge in [-0.2, -0.15) is 0 Å². The molecule has 3 heteroatoms. The predicted octanol–water partition coefficient (Wildman–Crippen LogP) is 2.15. The van der Waals surface area contributed by atoms with Crippen LogP contribution in [0.2, 0.25) is 0 Å². The van der Waals surface area contributed by atoms with Gasteiger partial charge in [0.05, 0.1) is 5.92 Å². The first-order valence-electron chi connectivity index (χ1n) is 6.95. The summed E-state index contributed by atoms with van der Waals surface area (Å²) in [5.74, 6) is 0.203. The zero-order valence-electron chi connectivity index (χ0n) is 11.2. The Balaban J connectivity index is 1.90. The van der Waals surface area contributed by atoms with Crippen molar-refractivity contribution in [2.45, 2.75) is 31.8 Å². The molecule has 0 aromatic carbocycles. The van der Waals surface area contributed by atoms with E-state index in [0.717, 1.165) is 32.4 Å². The van der Waals surface area contributed by atoms with E-state index in [9.17, 15) is 4.79 Å². The molecule has 1 spiro atoms. The second kappa shape index (κ2) is 4.23. The summed E-state index contributed by atoms with van der Waals surface area (Å²) in [7, 11) is 2.13. The molecule has 0 bridgehead atoms. The lowest BCUT2D eigenvalue weighted by molar-refractivity contribution is -0.153. The zero-order chi connectivity index (χ0) is 12.8. The van der Waals surface area contributed by atoms with Gasteiger partial charge in [0.2, 0.25) is 0 Å². The van der Waals surface area contributed by atoms with Crippen LogP contribution in [-0.4, -0.2) is 36.6 Å². The van der Waals surface area contributed by atoms with Gasteiger partial charge in [-0.15, -0.1) is 0 Å². The van der Waals surface area contributed by atoms with E-state index in [2.05, 4.69) is 37.1 Å². The van der Waals surface area contributed by atoms with Crippen LogP contribution in [0, 0.1) is 11.8 Å². The van der Waals surface area contributed by atoms with Gasteiger partial charge in [-0.25, -0.2) is 0 Å². The Bertz CT molecular complexity index is 416. The number of piperidine rings is 1. The van der Waals surface area contributed by atoms with E-state index in [-0.39, 0.29) is 23.4 Å². The molecule has 2 saturated heterocycles. The number of rotatable bonds is 1. The number of likely N-dealkylation sites (tertiary alicyclic amines) is 1. The molecule has 0 N–H and O–H groups in total. The number of ether oxygens (including phenoxy) is 1. The third-order valence-corrected chi connectivity index (χ3v) is 4.72. The van der Waals surface area contributed by atoms with E-state index in [0.29, 0.717) is 0 Å². The summed E-state index contributed by atoms with van der Waals surface area (Å²) >= 11 is 0. The molecule has 2 fully saturated rings. The van der Waals surface area contributed by atoms with Crippen molar-refractivity contribution in [1.29, 1.82) is 0 Å². The van der Waals surface area contributed by atoms with Gasteiger partial charge in [-0.05, 0) is 13.5 Å². The van der Waals surface area contributed by atoms with Crippen molar-refractivity contribution >= 4 is 5.97 Å². The van der Waals surface area contributed by atoms with Gasteiger partial charge in [0.1, 0.15) is 5.60 Å². The highest BCUT2D eigenvalue weighted by molar-refractivity contribution is 5.79. The minimum atomic E-state index is -0.223. The Morgan fingerprint density at radius 1 is 1.44 bits per heavy atom. The highest BCUT2D eigenvalue weighted by Crippen LogP contribution is 2.47. The van der Waals surface area contributed by atoms with Gasteiger partial charge in [-0.3, -0.25) is 4.79 Å². The van der Waals surface area contributed by atoms with Crippen LogP contribution in [0.15, 0.2) is 23.8 Å². The molecule has 0 radical (unpaired) electrons. The topological polar surface area (TPSA) is 29.5 Å². The van der Waals surface area contributed by atoms with Crippen molar-refractivity contribution < 1.29 is 9.53 Å². The van der Waals surface area contributed by atoms with Crippen LogP contribution < -0.4 is 0 Å². The molecule has 3 nitrogen and oxygen atoms in total. The maximum absolute atomic E-state index is 12.0. The van der Waals surface area contributed by atoms with Crippen LogP contribution in [0.5, 0.6) is 0 Å². The van der Waals surface area contributed by atoms with Crippen molar-refractivity contribution in [2.24, 2.45) is 11.8 Å². The molecule has 3 rings (SSSR count). The van der Waals surface area contributed by atoms with Crippen molar-refractivity contribution in [1.82, 2.24) is 4.90 Å². The molecule has 0 aromatic rings. The Morgan fingerprint density at radius 2 is 2.17 bits per heavy atom. The fourth-order valence-electron chi connectivity index (χ4n) is 3.45. The minimum Gasteiger partial charge on any atom is -0.458 e. The van der Waals surface area contributed by atoms with Crippen LogP contribution in [0.3, 0.4) is 0 Å². The molecule has 2 unspecified atom stereocenters. The average molecular weight is 247 g/mol. The molecule has 2 aliphatic heterocycles. The highest BCUT2D eigenvalue weighted by Gasteiger charge is 2.54. The molecule has 1 aliphatic carbocycles. The van der Waals surface area contributed by atoms with Crippen molar-refractivity contribution in [2.75, 3.05) is 20.1 Å². The van der Waals surface area contributed by atoms with E-state index in [1.54, 1.807) is 0 Å². The van der Waals surface area contributed by atoms with E-state index in [4.69, 9.17) is 4.74 Å². The van der Waals surface area contributed by atoms with Crippen LogP contribution in [0.1, 0.15) is 26.2 Å². The Hall–Kier alpha value is -1.09. The number of hydrogen-bond acceptors (Lipinski definition) is 3. The summed E-state index contributed by atoms with van der Waals surface area (Å²) in [6, 6.07) is 0. The molecular weight excluding hydrogens is 226 g/mol. The fourth-order valence-corrected chi connectivity index (χ4v) is 3.45. The second-order valence-corrected chi connectivity index (χ2v) is 5.79. The van der Waals surface area contributed by atoms with Crippen molar-refractivity contribution in [3.63, 3.8) is 0 Å². The van der Waals surface area contributed by atoms with Crippen LogP contribution in [0.4, 0.5) is 0 Å². The van der Waals surface area contributed by atoms with Gasteiger partial charge in [-0.1, -0.05) is 30.7 Å². The van der Waals surface area contributed by atoms with Crippen molar-refractivity contribution in [3.05, 3.63) is 23.8 Å². The second-order valence-electron chi connectivity index (χ2n) is 5.79. The molecule has 98 valence electrons. The van der Waals surface area contributed by atoms with E-state index in [1.807, 2.05) is 0 Å². The van der Waals surface area contributed by atoms with Gasteiger partial charge < -0.3 is 9.64 Å². The number of fused-ring (bicyclic) bond motifs is 2. The molecule has 2 atom stereocenters. The number of carbonyl (C=O) groups excluding carboxylic acids is 1. The summed E-state index contributed by atoms with van der Waals surface area (Å²) < 4.78 is 5.82. The highest BCUT2D eigenvalue weighted by atomic mass is 16.6. The Kier molecular flexibility index (Phi) is 2.81. The molecule has 0 saturated carbocycles. The summed E-state index contributed by atoms with van der Waals surface area (Å²) in [5.41, 5.74) is 1.12. The minimum absolute atomic E-state index is 0.0211. The normalized spacial score (nSPS) is 34.3. The van der Waals surface area contributed by atoms with Gasteiger partial charge in [0, 0.05) is 31.8 Å². The van der Waals surface area contributed by atoms with E-state index in [1.165, 1.54) is 5.57 Å². The summed E-state index contributed by atoms with van der Waals surface area (Å²) in [6.07, 6.45) is 9.41. The van der Waals surface area contributed by atoms with Gasteiger partial charge >= 0.3 is 5.97 Å².